The summed E-state index contributed by atoms with van der Waals surface area (Å²) in [5.41, 5.74) is 1.50. The van der Waals surface area contributed by atoms with Gasteiger partial charge in [0.1, 0.15) is 5.01 Å². The van der Waals surface area contributed by atoms with E-state index < -0.39 is 4.92 Å². The van der Waals surface area contributed by atoms with E-state index in [1.165, 1.54) is 29.5 Å². The minimum atomic E-state index is -0.552. The third-order valence-corrected chi connectivity index (χ3v) is 4.31. The number of hydrogen-bond donors (Lipinski definition) is 1. The molecule has 0 aliphatic heterocycles. The second kappa shape index (κ2) is 8.17. The summed E-state index contributed by atoms with van der Waals surface area (Å²) in [5, 5.41) is 16.3. The van der Waals surface area contributed by atoms with Crippen molar-refractivity contribution in [2.75, 3.05) is 6.61 Å². The average molecular weight is 370 g/mol. The van der Waals surface area contributed by atoms with E-state index >= 15 is 0 Å². The zero-order valence-electron chi connectivity index (χ0n) is 13.5. The molecule has 3 rings (SSSR count). The second-order valence-electron chi connectivity index (χ2n) is 5.17. The van der Waals surface area contributed by atoms with Gasteiger partial charge in [-0.2, -0.15) is 0 Å². The van der Waals surface area contributed by atoms with Crippen LogP contribution in [0.3, 0.4) is 0 Å². The quantitative estimate of drug-likeness (QED) is 0.506. The number of ether oxygens (including phenoxy) is 1. The van der Waals surface area contributed by atoms with Crippen LogP contribution in [0.5, 0.6) is 5.75 Å². The summed E-state index contributed by atoms with van der Waals surface area (Å²) in [4.78, 5) is 30.7. The van der Waals surface area contributed by atoms with Crippen molar-refractivity contribution in [2.24, 2.45) is 0 Å². The van der Waals surface area contributed by atoms with Gasteiger partial charge in [0.25, 0.3) is 5.91 Å². The van der Waals surface area contributed by atoms with Crippen molar-refractivity contribution in [3.63, 3.8) is 0 Å². The van der Waals surface area contributed by atoms with Gasteiger partial charge in [0.2, 0.25) is 0 Å². The number of nitrogens with one attached hydrogen (secondary N) is 1. The number of thiazole rings is 1. The third kappa shape index (κ3) is 4.39. The molecule has 0 fully saturated rings. The predicted octanol–water partition coefficient (Wildman–Crippen LogP) is 2.81. The number of rotatable bonds is 7. The van der Waals surface area contributed by atoms with Crippen LogP contribution in [0.25, 0.3) is 10.6 Å². The summed E-state index contributed by atoms with van der Waals surface area (Å²) in [7, 11) is 0. The minimum absolute atomic E-state index is 0.0567. The van der Waals surface area contributed by atoms with E-state index in [4.69, 9.17) is 4.74 Å². The van der Waals surface area contributed by atoms with Crippen LogP contribution >= 0.6 is 11.3 Å². The number of pyridine rings is 1. The lowest BCUT2D eigenvalue weighted by Crippen LogP contribution is -2.28. The molecule has 0 saturated heterocycles. The smallest absolute Gasteiger partial charge is 0.310 e. The maximum atomic E-state index is 11.9. The summed E-state index contributed by atoms with van der Waals surface area (Å²) in [6.07, 6.45) is 3.39. The zero-order chi connectivity index (χ0) is 18.4. The van der Waals surface area contributed by atoms with Crippen LogP contribution in [-0.2, 0) is 11.3 Å². The lowest BCUT2D eigenvalue weighted by molar-refractivity contribution is -0.385. The number of para-hydroxylation sites is 2. The first-order chi connectivity index (χ1) is 12.6. The molecule has 132 valence electrons. The molecule has 1 N–H and O–H groups in total. The molecule has 2 heterocycles. The summed E-state index contributed by atoms with van der Waals surface area (Å²) < 4.78 is 5.24. The van der Waals surface area contributed by atoms with Crippen LogP contribution in [0.4, 0.5) is 5.69 Å². The number of benzene rings is 1. The molecule has 1 aromatic carbocycles. The zero-order valence-corrected chi connectivity index (χ0v) is 14.3. The van der Waals surface area contributed by atoms with Gasteiger partial charge in [-0.15, -0.1) is 11.3 Å². The monoisotopic (exact) mass is 370 g/mol. The van der Waals surface area contributed by atoms with E-state index in [1.807, 2.05) is 17.5 Å². The summed E-state index contributed by atoms with van der Waals surface area (Å²) in [6.45, 7) is -0.0626. The molecule has 0 saturated carbocycles. The van der Waals surface area contributed by atoms with Crippen LogP contribution < -0.4 is 10.1 Å². The molecule has 0 aliphatic rings. The lowest BCUT2D eigenvalue weighted by Gasteiger charge is -2.06. The minimum Gasteiger partial charge on any atom is -0.477 e. The number of nitrogens with zero attached hydrogens (tertiary/aromatic N) is 3. The van der Waals surface area contributed by atoms with Crippen molar-refractivity contribution in [1.29, 1.82) is 0 Å². The normalized spacial score (nSPS) is 10.3. The Balaban J connectivity index is 1.52. The van der Waals surface area contributed by atoms with Gasteiger partial charge >= 0.3 is 5.69 Å². The first-order valence-electron chi connectivity index (χ1n) is 7.61. The molecule has 8 nitrogen and oxygen atoms in total. The number of nitro benzene ring substituents is 1. The van der Waals surface area contributed by atoms with Gasteiger partial charge in [-0.25, -0.2) is 4.98 Å². The number of carbonyl (C=O) groups excluding carboxylic acids is 1. The average Bonchev–Trinajstić information content (AvgIpc) is 3.14. The molecule has 0 radical (unpaired) electrons. The summed E-state index contributed by atoms with van der Waals surface area (Å²) >= 11 is 1.47. The Morgan fingerprint density at radius 3 is 2.77 bits per heavy atom. The number of nitro groups is 1. The fourth-order valence-corrected chi connectivity index (χ4v) is 2.95. The lowest BCUT2D eigenvalue weighted by atomic mass is 10.3. The van der Waals surface area contributed by atoms with Crippen LogP contribution in [0, 0.1) is 10.1 Å². The van der Waals surface area contributed by atoms with Gasteiger partial charge in [0.15, 0.2) is 12.4 Å². The standard InChI is InChI=1S/C17H14N4O4S/c22-16(10-25-15-4-2-1-3-14(15)21(23)24)19-9-13-11-26-17(20-13)12-5-7-18-8-6-12/h1-8,11H,9-10H2,(H,19,22). The highest BCUT2D eigenvalue weighted by atomic mass is 32.1. The molecule has 3 aromatic rings. The molecule has 0 spiro atoms. The van der Waals surface area contributed by atoms with Crippen molar-refractivity contribution in [3.8, 4) is 16.3 Å². The maximum absolute atomic E-state index is 11.9. The SMILES string of the molecule is O=C(COc1ccccc1[N+](=O)[O-])NCc1csc(-c2ccncc2)n1. The second-order valence-corrected chi connectivity index (χ2v) is 6.03. The van der Waals surface area contributed by atoms with E-state index in [0.29, 0.717) is 0 Å². The number of hydrogen-bond acceptors (Lipinski definition) is 7. The highest BCUT2D eigenvalue weighted by molar-refractivity contribution is 7.13. The third-order valence-electron chi connectivity index (χ3n) is 3.37. The van der Waals surface area contributed by atoms with E-state index in [1.54, 1.807) is 18.5 Å². The van der Waals surface area contributed by atoms with Crippen LogP contribution in [-0.4, -0.2) is 27.4 Å². The van der Waals surface area contributed by atoms with Crippen LogP contribution in [0.15, 0.2) is 54.2 Å². The Morgan fingerprint density at radius 1 is 1.23 bits per heavy atom. The molecule has 0 aliphatic carbocycles. The topological polar surface area (TPSA) is 107 Å². The molecule has 26 heavy (non-hydrogen) atoms. The Kier molecular flexibility index (Phi) is 5.49. The molecule has 1 amide bonds. The van der Waals surface area contributed by atoms with Crippen molar-refractivity contribution in [3.05, 3.63) is 70.0 Å². The number of amides is 1. The Labute approximate surface area is 152 Å². The highest BCUT2D eigenvalue weighted by Gasteiger charge is 2.15. The molecule has 0 unspecified atom stereocenters. The predicted molar refractivity (Wildman–Crippen MR) is 95.8 cm³/mol. The van der Waals surface area contributed by atoms with Crippen molar-refractivity contribution in [1.82, 2.24) is 15.3 Å². The molecular weight excluding hydrogens is 356 g/mol. The van der Waals surface area contributed by atoms with Crippen molar-refractivity contribution < 1.29 is 14.5 Å². The fraction of sp³-hybridized carbons (Fsp3) is 0.118. The number of aromatic nitrogens is 2. The number of carbonyl (C=O) groups is 1. The van der Waals surface area contributed by atoms with E-state index in [2.05, 4.69) is 15.3 Å². The first-order valence-corrected chi connectivity index (χ1v) is 8.49. The van der Waals surface area contributed by atoms with E-state index in [0.717, 1.165) is 16.3 Å². The molecule has 9 heteroatoms. The molecule has 0 bridgehead atoms. The van der Waals surface area contributed by atoms with Crippen molar-refractivity contribution in [2.45, 2.75) is 6.54 Å². The summed E-state index contributed by atoms with van der Waals surface area (Å²) in [5.74, 6) is -0.331. The van der Waals surface area contributed by atoms with Crippen LogP contribution in [0.1, 0.15) is 5.69 Å². The van der Waals surface area contributed by atoms with Gasteiger partial charge in [-0.1, -0.05) is 12.1 Å². The van der Waals surface area contributed by atoms with Crippen molar-refractivity contribution >= 4 is 22.9 Å². The Bertz CT molecular complexity index is 914. The van der Waals surface area contributed by atoms with Gasteiger partial charge in [-0.05, 0) is 18.2 Å². The molecule has 0 atom stereocenters. The molecule has 2 aromatic heterocycles. The summed E-state index contributed by atoms with van der Waals surface area (Å²) in [6, 6.07) is 9.64. The van der Waals surface area contributed by atoms with E-state index in [-0.39, 0.29) is 30.5 Å². The highest BCUT2D eigenvalue weighted by Crippen LogP contribution is 2.25. The Hall–Kier alpha value is -3.33. The maximum Gasteiger partial charge on any atom is 0.310 e. The van der Waals surface area contributed by atoms with Crippen LogP contribution in [0.2, 0.25) is 0 Å². The largest absolute Gasteiger partial charge is 0.477 e. The Morgan fingerprint density at radius 2 is 2.00 bits per heavy atom. The van der Waals surface area contributed by atoms with Gasteiger partial charge in [-0.3, -0.25) is 19.9 Å². The van der Waals surface area contributed by atoms with E-state index in [9.17, 15) is 14.9 Å². The van der Waals surface area contributed by atoms with Gasteiger partial charge in [0, 0.05) is 29.4 Å². The molecular formula is C17H14N4O4S. The fourth-order valence-electron chi connectivity index (χ4n) is 2.13. The van der Waals surface area contributed by atoms with Gasteiger partial charge in [0.05, 0.1) is 17.2 Å². The first kappa shape index (κ1) is 17.5. The van der Waals surface area contributed by atoms with Gasteiger partial charge < -0.3 is 10.1 Å².